The summed E-state index contributed by atoms with van der Waals surface area (Å²) in [5.74, 6) is 0.949. The summed E-state index contributed by atoms with van der Waals surface area (Å²) >= 11 is 0. The molecule has 2 atom stereocenters. The molecule has 1 aromatic rings. The van der Waals surface area contributed by atoms with Crippen molar-refractivity contribution in [1.82, 2.24) is 10.2 Å². The number of nitrogens with one attached hydrogen (secondary N) is 1. The van der Waals surface area contributed by atoms with Gasteiger partial charge in [-0.3, -0.25) is 10.1 Å². The molecule has 0 aliphatic heterocycles. The summed E-state index contributed by atoms with van der Waals surface area (Å²) in [6.45, 7) is 4.26. The van der Waals surface area contributed by atoms with E-state index in [2.05, 4.69) is 19.2 Å². The number of hydrogen-bond donors (Lipinski definition) is 2. The number of carbonyl (C=O) groups excluding carboxylic acids is 1. The van der Waals surface area contributed by atoms with Crippen molar-refractivity contribution in [3.8, 4) is 5.75 Å². The summed E-state index contributed by atoms with van der Waals surface area (Å²) in [6.07, 6.45) is 2.62. The van der Waals surface area contributed by atoms with Gasteiger partial charge in [-0.1, -0.05) is 26.0 Å². The van der Waals surface area contributed by atoms with E-state index in [1.165, 1.54) is 0 Å². The fraction of sp³-hybridized carbons (Fsp3) is 0.588. The van der Waals surface area contributed by atoms with Crippen LogP contribution in [0.4, 0.5) is 0 Å². The maximum Gasteiger partial charge on any atom is 0.239 e. The molecule has 4 nitrogen and oxygen atoms in total. The number of carbonyl (C=O) groups is 1. The molecular weight excluding hydrogens is 264 g/mol. The highest BCUT2D eigenvalue weighted by molar-refractivity contribution is 5.81. The molecule has 1 aliphatic rings. The first-order valence-corrected chi connectivity index (χ1v) is 7.68. The summed E-state index contributed by atoms with van der Waals surface area (Å²) in [5, 5.41) is 13.4. The number of amides is 1. The van der Waals surface area contributed by atoms with Crippen molar-refractivity contribution < 1.29 is 9.90 Å². The van der Waals surface area contributed by atoms with E-state index in [4.69, 9.17) is 0 Å². The fourth-order valence-corrected chi connectivity index (χ4v) is 3.07. The van der Waals surface area contributed by atoms with Crippen molar-refractivity contribution in [3.05, 3.63) is 29.3 Å². The highest BCUT2D eigenvalue weighted by Crippen LogP contribution is 2.36. The van der Waals surface area contributed by atoms with Gasteiger partial charge in [0.1, 0.15) is 5.75 Å². The Hall–Kier alpha value is -1.55. The van der Waals surface area contributed by atoms with Gasteiger partial charge in [-0.15, -0.1) is 0 Å². The highest BCUT2D eigenvalue weighted by Gasteiger charge is 2.30. The molecule has 0 saturated heterocycles. The number of hydrogen-bond acceptors (Lipinski definition) is 3. The lowest BCUT2D eigenvalue weighted by Crippen LogP contribution is -2.45. The Morgan fingerprint density at radius 3 is 2.76 bits per heavy atom. The van der Waals surface area contributed by atoms with Crippen LogP contribution in [0.15, 0.2) is 18.2 Å². The number of phenolic OH excluding ortho intramolecular Hbond substituents is 1. The first kappa shape index (κ1) is 15.8. The maximum absolute atomic E-state index is 12.4. The molecule has 1 aromatic carbocycles. The Bertz CT molecular complexity index is 512. The van der Waals surface area contributed by atoms with E-state index >= 15 is 0 Å². The Balaban J connectivity index is 2.16. The highest BCUT2D eigenvalue weighted by atomic mass is 16.3. The zero-order valence-corrected chi connectivity index (χ0v) is 13.4. The molecule has 0 radical (unpaired) electrons. The molecule has 2 N–H and O–H groups in total. The minimum absolute atomic E-state index is 0.123. The molecule has 4 heteroatoms. The van der Waals surface area contributed by atoms with Gasteiger partial charge in [0.25, 0.3) is 0 Å². The molecule has 0 bridgehead atoms. The van der Waals surface area contributed by atoms with Gasteiger partial charge in [-0.2, -0.15) is 0 Å². The van der Waals surface area contributed by atoms with Crippen molar-refractivity contribution in [2.45, 2.75) is 45.2 Å². The van der Waals surface area contributed by atoms with Gasteiger partial charge in [-0.25, -0.2) is 0 Å². The van der Waals surface area contributed by atoms with Gasteiger partial charge in [-0.05, 0) is 42.4 Å². The minimum atomic E-state index is -0.168. The van der Waals surface area contributed by atoms with Crippen molar-refractivity contribution >= 4 is 5.91 Å². The molecular formula is C17H26N2O2. The van der Waals surface area contributed by atoms with Gasteiger partial charge >= 0.3 is 0 Å². The predicted molar refractivity (Wildman–Crippen MR) is 84.2 cm³/mol. The topological polar surface area (TPSA) is 52.6 Å². The standard InChI is InChI=1S/C17H26N2O2/c1-11(2)10-15(17(21)19(3)4)18-14-9-8-13-12(14)6-5-7-16(13)20/h5-7,11,14-15,18,20H,8-10H2,1-4H3. The average Bonchev–Trinajstić information content (AvgIpc) is 2.81. The van der Waals surface area contributed by atoms with E-state index in [1.807, 2.05) is 12.1 Å². The van der Waals surface area contributed by atoms with Gasteiger partial charge in [0, 0.05) is 20.1 Å². The Labute approximate surface area is 127 Å². The molecule has 1 aliphatic carbocycles. The summed E-state index contributed by atoms with van der Waals surface area (Å²) in [4.78, 5) is 14.0. The van der Waals surface area contributed by atoms with Crippen LogP contribution < -0.4 is 5.32 Å². The number of nitrogens with zero attached hydrogens (tertiary/aromatic N) is 1. The van der Waals surface area contributed by atoms with Gasteiger partial charge < -0.3 is 10.0 Å². The van der Waals surface area contributed by atoms with E-state index < -0.39 is 0 Å². The third kappa shape index (κ3) is 3.56. The fourth-order valence-electron chi connectivity index (χ4n) is 3.07. The predicted octanol–water partition coefficient (Wildman–Crippen LogP) is 2.47. The van der Waals surface area contributed by atoms with E-state index in [0.29, 0.717) is 11.7 Å². The van der Waals surface area contributed by atoms with Crippen LogP contribution in [0.2, 0.25) is 0 Å². The first-order chi connectivity index (χ1) is 9.90. The van der Waals surface area contributed by atoms with E-state index in [1.54, 1.807) is 25.1 Å². The second-order valence-corrected chi connectivity index (χ2v) is 6.52. The smallest absolute Gasteiger partial charge is 0.239 e. The van der Waals surface area contributed by atoms with E-state index in [9.17, 15) is 9.90 Å². The molecule has 0 fully saturated rings. The van der Waals surface area contributed by atoms with Crippen molar-refractivity contribution in [2.24, 2.45) is 5.92 Å². The Kier molecular flexibility index (Phi) is 4.88. The monoisotopic (exact) mass is 290 g/mol. The first-order valence-electron chi connectivity index (χ1n) is 7.68. The van der Waals surface area contributed by atoms with Crippen molar-refractivity contribution in [1.29, 1.82) is 0 Å². The third-order valence-electron chi connectivity index (χ3n) is 4.09. The maximum atomic E-state index is 12.4. The number of rotatable bonds is 5. The van der Waals surface area contributed by atoms with Crippen LogP contribution in [-0.4, -0.2) is 36.1 Å². The van der Waals surface area contributed by atoms with Crippen LogP contribution in [0, 0.1) is 5.92 Å². The summed E-state index contributed by atoms with van der Waals surface area (Å²) in [7, 11) is 3.59. The molecule has 0 heterocycles. The second-order valence-electron chi connectivity index (χ2n) is 6.52. The largest absolute Gasteiger partial charge is 0.508 e. The molecule has 0 spiro atoms. The molecule has 21 heavy (non-hydrogen) atoms. The quantitative estimate of drug-likeness (QED) is 0.876. The number of aromatic hydroxyl groups is 1. The van der Waals surface area contributed by atoms with Crippen LogP contribution in [0.5, 0.6) is 5.75 Å². The molecule has 2 unspecified atom stereocenters. The molecule has 0 saturated carbocycles. The van der Waals surface area contributed by atoms with Gasteiger partial charge in [0.05, 0.1) is 6.04 Å². The SMILES string of the molecule is CC(C)CC(NC1CCc2c(O)cccc21)C(=O)N(C)C. The number of phenols is 1. The zero-order chi connectivity index (χ0) is 15.6. The lowest BCUT2D eigenvalue weighted by Gasteiger charge is -2.26. The number of benzene rings is 1. The molecule has 116 valence electrons. The lowest BCUT2D eigenvalue weighted by atomic mass is 10.00. The van der Waals surface area contributed by atoms with E-state index in [0.717, 1.165) is 30.4 Å². The summed E-state index contributed by atoms with van der Waals surface area (Å²) < 4.78 is 0. The van der Waals surface area contributed by atoms with Crippen LogP contribution in [-0.2, 0) is 11.2 Å². The molecule has 1 amide bonds. The van der Waals surface area contributed by atoms with Crippen molar-refractivity contribution in [3.63, 3.8) is 0 Å². The Morgan fingerprint density at radius 2 is 2.14 bits per heavy atom. The molecule has 2 rings (SSSR count). The summed E-state index contributed by atoms with van der Waals surface area (Å²) in [6, 6.07) is 5.64. The van der Waals surface area contributed by atoms with Gasteiger partial charge in [0.2, 0.25) is 5.91 Å². The van der Waals surface area contributed by atoms with Crippen LogP contribution in [0.3, 0.4) is 0 Å². The van der Waals surface area contributed by atoms with E-state index in [-0.39, 0.29) is 18.0 Å². The van der Waals surface area contributed by atoms with Crippen LogP contribution in [0.25, 0.3) is 0 Å². The van der Waals surface area contributed by atoms with Crippen molar-refractivity contribution in [2.75, 3.05) is 14.1 Å². The van der Waals surface area contributed by atoms with Gasteiger partial charge in [0.15, 0.2) is 0 Å². The number of likely N-dealkylation sites (N-methyl/N-ethyl adjacent to an activating group) is 1. The summed E-state index contributed by atoms with van der Waals surface area (Å²) in [5.41, 5.74) is 2.16. The third-order valence-corrected chi connectivity index (χ3v) is 4.09. The normalized spacial score (nSPS) is 18.6. The van der Waals surface area contributed by atoms with Crippen LogP contribution >= 0.6 is 0 Å². The number of fused-ring (bicyclic) bond motifs is 1. The molecule has 0 aromatic heterocycles. The minimum Gasteiger partial charge on any atom is -0.508 e. The van der Waals surface area contributed by atoms with Crippen LogP contribution in [0.1, 0.15) is 43.9 Å². The average molecular weight is 290 g/mol. The Morgan fingerprint density at radius 1 is 1.43 bits per heavy atom. The second kappa shape index (κ2) is 6.48. The zero-order valence-electron chi connectivity index (χ0n) is 13.4. The lowest BCUT2D eigenvalue weighted by molar-refractivity contribution is -0.131.